The summed E-state index contributed by atoms with van der Waals surface area (Å²) < 4.78 is 0. The molecule has 0 aromatic heterocycles. The van der Waals surface area contributed by atoms with Crippen molar-refractivity contribution in [3.05, 3.63) is 73.0 Å². The minimum atomic E-state index is -0.704. The summed E-state index contributed by atoms with van der Waals surface area (Å²) in [4.78, 5) is 41.7. The van der Waals surface area contributed by atoms with E-state index in [9.17, 15) is 14.4 Å². The number of carbonyl (C=O) groups excluding carboxylic acids is 3. The Kier molecular flexibility index (Phi) is 7.15. The number of hydrogen-bond donors (Lipinski definition) is 1. The molecule has 0 bridgehead atoms. The number of allylic oxidation sites excluding steroid dienone is 7. The summed E-state index contributed by atoms with van der Waals surface area (Å²) in [7, 11) is 0. The average Bonchev–Trinajstić information content (AvgIpc) is 2.72. The van der Waals surface area contributed by atoms with E-state index < -0.39 is 17.1 Å². The van der Waals surface area contributed by atoms with E-state index >= 15 is 0 Å². The number of Topliss-reactive ketones (excluding diaryl/α,β-unsaturated/α-hetero) is 1. The van der Waals surface area contributed by atoms with E-state index in [-0.39, 0.29) is 17.5 Å². The van der Waals surface area contributed by atoms with Crippen LogP contribution in [0.1, 0.15) is 20.3 Å². The normalized spacial score (nSPS) is 24.6. The molecule has 2 atom stereocenters. The van der Waals surface area contributed by atoms with Crippen molar-refractivity contribution < 1.29 is 14.4 Å². The fourth-order valence-corrected chi connectivity index (χ4v) is 3.54. The molecular formula is C23H29N3O3. The van der Waals surface area contributed by atoms with Crippen LogP contribution >= 0.6 is 0 Å². The van der Waals surface area contributed by atoms with Gasteiger partial charge >= 0.3 is 0 Å². The standard InChI is InChI=1S/C23H29N3O3/c1-5-6-10-17(2)19(15-24)20(27)21(28)26-14-13-25(16-18(26)3)22(29)23(4)11-8-7-9-12-23/h5-11,15,18H,1-2,12-14,16,24H2,3-4H3/b10-6-,19-15+/t18-,23?/m1/s1. The molecule has 6 nitrogen and oxygen atoms in total. The number of nitrogens with two attached hydrogens (primary N) is 1. The van der Waals surface area contributed by atoms with Gasteiger partial charge in [0.05, 0.1) is 5.41 Å². The lowest BCUT2D eigenvalue weighted by Gasteiger charge is -2.42. The highest BCUT2D eigenvalue weighted by Gasteiger charge is 2.39. The summed E-state index contributed by atoms with van der Waals surface area (Å²) in [6.07, 6.45) is 14.2. The van der Waals surface area contributed by atoms with Crippen molar-refractivity contribution in [3.63, 3.8) is 0 Å². The first-order valence-electron chi connectivity index (χ1n) is 9.64. The lowest BCUT2D eigenvalue weighted by molar-refractivity contribution is -0.150. The zero-order valence-electron chi connectivity index (χ0n) is 17.1. The molecule has 0 saturated carbocycles. The topological polar surface area (TPSA) is 83.7 Å². The molecule has 1 aliphatic carbocycles. The Morgan fingerprint density at radius 2 is 1.97 bits per heavy atom. The summed E-state index contributed by atoms with van der Waals surface area (Å²) in [5.41, 5.74) is 5.41. The molecule has 0 spiro atoms. The second-order valence-electron chi connectivity index (χ2n) is 7.54. The van der Waals surface area contributed by atoms with Crippen molar-refractivity contribution in [2.45, 2.75) is 26.3 Å². The van der Waals surface area contributed by atoms with Crippen LogP contribution in [0.25, 0.3) is 0 Å². The highest BCUT2D eigenvalue weighted by Crippen LogP contribution is 2.30. The van der Waals surface area contributed by atoms with Gasteiger partial charge in [-0.3, -0.25) is 14.4 Å². The fourth-order valence-electron chi connectivity index (χ4n) is 3.54. The summed E-state index contributed by atoms with van der Waals surface area (Å²) in [6, 6.07) is -0.285. The third kappa shape index (κ3) is 4.83. The molecule has 2 N–H and O–H groups in total. The molecular weight excluding hydrogens is 366 g/mol. The van der Waals surface area contributed by atoms with E-state index in [0.29, 0.717) is 31.6 Å². The van der Waals surface area contributed by atoms with Crippen molar-refractivity contribution in [2.24, 2.45) is 11.1 Å². The molecule has 2 rings (SSSR count). The summed E-state index contributed by atoms with van der Waals surface area (Å²) in [5, 5.41) is 0. The van der Waals surface area contributed by atoms with Crippen molar-refractivity contribution in [3.8, 4) is 0 Å². The van der Waals surface area contributed by atoms with Crippen LogP contribution in [0.2, 0.25) is 0 Å². The number of piperazine rings is 1. The predicted octanol–water partition coefficient (Wildman–Crippen LogP) is 2.28. The van der Waals surface area contributed by atoms with Gasteiger partial charge in [0.25, 0.3) is 11.7 Å². The van der Waals surface area contributed by atoms with Crippen molar-refractivity contribution in [1.82, 2.24) is 9.80 Å². The number of nitrogens with zero attached hydrogens (tertiary/aromatic N) is 2. The second-order valence-corrected chi connectivity index (χ2v) is 7.54. The van der Waals surface area contributed by atoms with Gasteiger partial charge in [0.2, 0.25) is 5.91 Å². The first kappa shape index (κ1) is 22.1. The van der Waals surface area contributed by atoms with Gasteiger partial charge < -0.3 is 15.5 Å². The van der Waals surface area contributed by atoms with Crippen molar-refractivity contribution in [2.75, 3.05) is 19.6 Å². The fraction of sp³-hybridized carbons (Fsp3) is 0.348. The van der Waals surface area contributed by atoms with Crippen LogP contribution in [0.5, 0.6) is 0 Å². The summed E-state index contributed by atoms with van der Waals surface area (Å²) in [6.45, 7) is 12.2. The first-order chi connectivity index (χ1) is 13.7. The lowest BCUT2D eigenvalue weighted by atomic mass is 9.82. The highest BCUT2D eigenvalue weighted by molar-refractivity contribution is 6.43. The Hall–Kier alpha value is -3.15. The molecule has 1 aliphatic heterocycles. The lowest BCUT2D eigenvalue weighted by Crippen LogP contribution is -2.58. The molecule has 2 aliphatic rings. The molecule has 1 saturated heterocycles. The molecule has 0 radical (unpaired) electrons. The third-order valence-corrected chi connectivity index (χ3v) is 5.30. The SMILES string of the molecule is C=C/C=C\C(=C)/C(=C\N)C(=O)C(=O)N1CCN(C(=O)C2(C)C=CC=CC2)C[C@H]1C. The first-order valence-corrected chi connectivity index (χ1v) is 9.64. The Balaban J connectivity index is 2.07. The zero-order valence-corrected chi connectivity index (χ0v) is 17.1. The van der Waals surface area contributed by atoms with Crippen molar-refractivity contribution >= 4 is 17.6 Å². The Morgan fingerprint density at radius 3 is 2.52 bits per heavy atom. The van der Waals surface area contributed by atoms with E-state index in [4.69, 9.17) is 5.73 Å². The minimum Gasteiger partial charge on any atom is -0.404 e. The van der Waals surface area contributed by atoms with Gasteiger partial charge in [-0.25, -0.2) is 0 Å². The molecule has 1 fully saturated rings. The van der Waals surface area contributed by atoms with Crippen LogP contribution in [0.15, 0.2) is 73.0 Å². The van der Waals surface area contributed by atoms with Gasteiger partial charge in [0.1, 0.15) is 0 Å². The predicted molar refractivity (Wildman–Crippen MR) is 115 cm³/mol. The van der Waals surface area contributed by atoms with Crippen LogP contribution in [0, 0.1) is 5.41 Å². The molecule has 0 aromatic rings. The van der Waals surface area contributed by atoms with Crippen molar-refractivity contribution in [1.29, 1.82) is 0 Å². The van der Waals surface area contributed by atoms with E-state index in [0.717, 1.165) is 6.20 Å². The molecule has 1 heterocycles. The maximum atomic E-state index is 13.0. The molecule has 2 amide bonds. The van der Waals surface area contributed by atoms with Gasteiger partial charge in [-0.2, -0.15) is 0 Å². The van der Waals surface area contributed by atoms with Crippen LogP contribution in [0.3, 0.4) is 0 Å². The number of carbonyl (C=O) groups is 3. The number of amides is 2. The molecule has 154 valence electrons. The van der Waals surface area contributed by atoms with Gasteiger partial charge in [0.15, 0.2) is 0 Å². The Bertz CT molecular complexity index is 834. The van der Waals surface area contributed by atoms with Crippen LogP contribution < -0.4 is 5.73 Å². The molecule has 6 heteroatoms. The Labute approximate surface area is 172 Å². The molecule has 0 aromatic carbocycles. The largest absolute Gasteiger partial charge is 0.404 e. The second kappa shape index (κ2) is 9.37. The minimum absolute atomic E-state index is 0.0360. The van der Waals surface area contributed by atoms with Crippen LogP contribution in [0.4, 0.5) is 0 Å². The zero-order chi connectivity index (χ0) is 21.6. The van der Waals surface area contributed by atoms with Gasteiger partial charge in [-0.15, -0.1) is 0 Å². The van der Waals surface area contributed by atoms with Crippen LogP contribution in [-0.4, -0.2) is 53.1 Å². The van der Waals surface area contributed by atoms with E-state index in [1.54, 1.807) is 23.1 Å². The summed E-state index contributed by atoms with van der Waals surface area (Å²) in [5.74, 6) is -1.31. The smallest absolute Gasteiger partial charge is 0.295 e. The monoisotopic (exact) mass is 395 g/mol. The maximum Gasteiger partial charge on any atom is 0.295 e. The quantitative estimate of drug-likeness (QED) is 0.425. The van der Waals surface area contributed by atoms with Gasteiger partial charge in [-0.05, 0) is 25.8 Å². The number of hydrogen-bond acceptors (Lipinski definition) is 4. The molecule has 29 heavy (non-hydrogen) atoms. The number of rotatable bonds is 6. The Morgan fingerprint density at radius 1 is 1.24 bits per heavy atom. The third-order valence-electron chi connectivity index (χ3n) is 5.30. The van der Waals surface area contributed by atoms with Gasteiger partial charge in [0, 0.05) is 37.4 Å². The maximum absolute atomic E-state index is 13.0. The van der Waals surface area contributed by atoms with Gasteiger partial charge in [-0.1, -0.05) is 55.7 Å². The average molecular weight is 396 g/mol. The van der Waals surface area contributed by atoms with E-state index in [1.807, 2.05) is 38.2 Å². The highest BCUT2D eigenvalue weighted by atomic mass is 16.2. The van der Waals surface area contributed by atoms with E-state index in [2.05, 4.69) is 13.2 Å². The summed E-state index contributed by atoms with van der Waals surface area (Å²) >= 11 is 0. The van der Waals surface area contributed by atoms with Crippen LogP contribution in [-0.2, 0) is 14.4 Å². The number of ketones is 1. The van der Waals surface area contributed by atoms with E-state index in [1.165, 1.54) is 4.90 Å². The molecule has 1 unspecified atom stereocenters.